The van der Waals surface area contributed by atoms with Gasteiger partial charge in [-0.15, -0.1) is 0 Å². The first kappa shape index (κ1) is 72.2. The molecule has 30 heteroatoms. The van der Waals surface area contributed by atoms with Gasteiger partial charge in [0.2, 0.25) is 0 Å². The third kappa shape index (κ3) is 17.0. The van der Waals surface area contributed by atoms with Crippen LogP contribution >= 0.6 is 0 Å². The highest BCUT2D eigenvalue weighted by molar-refractivity contribution is 7.91. The lowest BCUT2D eigenvalue weighted by molar-refractivity contribution is -0.120. The minimum Gasteiger partial charge on any atom is -0.374 e. The van der Waals surface area contributed by atoms with E-state index in [1.165, 1.54) is 0 Å². The number of fused-ring (bicyclic) bond motifs is 3. The van der Waals surface area contributed by atoms with Crippen molar-refractivity contribution < 1.29 is 80.2 Å². The van der Waals surface area contributed by atoms with Crippen LogP contribution in [0, 0.1) is 17.8 Å². The number of alkyl halides is 6. The molecular formula is C72H75F6N9O12S3. The number of hydrogen-bond donors (Lipinski definition) is 3. The zero-order valence-electron chi connectivity index (χ0n) is 56.0. The molecule has 102 heavy (non-hydrogen) atoms. The van der Waals surface area contributed by atoms with Crippen LogP contribution in [-0.2, 0) is 96.6 Å². The Bertz CT molecular complexity index is 4320. The second-order valence-electron chi connectivity index (χ2n) is 27.3. The molecule has 3 aromatic carbocycles. The molecule has 3 saturated carbocycles. The molecule has 15 rings (SSSR count). The number of nitrogens with zero attached hydrogens (tertiary/aromatic N) is 6. The molecule has 540 valence electrons. The number of sulfone groups is 3. The Kier molecular flexibility index (Phi) is 20.9. The molecular weight excluding hydrogens is 1390 g/mol. The summed E-state index contributed by atoms with van der Waals surface area (Å²) in [4.78, 5) is 62.9. The van der Waals surface area contributed by atoms with E-state index < -0.39 is 48.8 Å². The van der Waals surface area contributed by atoms with E-state index in [1.807, 2.05) is 0 Å². The van der Waals surface area contributed by atoms with Crippen LogP contribution in [0.25, 0.3) is 0 Å². The zero-order valence-corrected chi connectivity index (χ0v) is 58.5. The molecule has 0 amide bonds. The minimum absolute atomic E-state index is 0.0431. The highest BCUT2D eigenvalue weighted by atomic mass is 32.2. The van der Waals surface area contributed by atoms with Gasteiger partial charge in [-0.25, -0.2) is 66.6 Å². The van der Waals surface area contributed by atoms with Crippen LogP contribution in [0.1, 0.15) is 146 Å². The normalized spacial score (nSPS) is 19.9. The number of hydrogen-bond acceptors (Lipinski definition) is 21. The Labute approximate surface area is 586 Å². The number of benzene rings is 3. The van der Waals surface area contributed by atoms with E-state index >= 15 is 0 Å². The Morgan fingerprint density at radius 2 is 0.667 bits per heavy atom. The highest BCUT2D eigenvalue weighted by Crippen LogP contribution is 2.45. The second-order valence-corrected chi connectivity index (χ2v) is 33.3. The molecule has 9 heterocycles. The molecule has 3 N–H and O–H groups in total. The van der Waals surface area contributed by atoms with Gasteiger partial charge in [0.05, 0.1) is 118 Å². The molecule has 0 spiro atoms. The third-order valence-electron chi connectivity index (χ3n) is 19.0. The molecule has 1 unspecified atom stereocenters. The summed E-state index contributed by atoms with van der Waals surface area (Å²) >= 11 is 0. The first-order valence-electron chi connectivity index (χ1n) is 34.0. The molecule has 6 aliphatic heterocycles. The van der Waals surface area contributed by atoms with Crippen molar-refractivity contribution in [1.29, 1.82) is 0 Å². The lowest BCUT2D eigenvalue weighted by Crippen LogP contribution is -2.11. The Morgan fingerprint density at radius 3 is 0.882 bits per heavy atom. The van der Waals surface area contributed by atoms with E-state index in [-0.39, 0.29) is 141 Å². The van der Waals surface area contributed by atoms with Crippen LogP contribution in [0.5, 0.6) is 0 Å². The van der Waals surface area contributed by atoms with E-state index in [4.69, 9.17) is 14.2 Å². The van der Waals surface area contributed by atoms with Gasteiger partial charge in [0.15, 0.2) is 29.5 Å². The topological polar surface area (TPSA) is 293 Å². The molecule has 3 aliphatic carbocycles. The number of ketones is 3. The number of anilines is 6. The summed E-state index contributed by atoms with van der Waals surface area (Å²) in [7, 11) is -10.9. The van der Waals surface area contributed by atoms with Crippen molar-refractivity contribution in [1.82, 2.24) is 15.0 Å². The molecule has 0 bridgehead atoms. The van der Waals surface area contributed by atoms with Gasteiger partial charge >= 0.3 is 0 Å². The van der Waals surface area contributed by atoms with Crippen LogP contribution in [-0.4, -0.2) is 133 Å². The average molecular weight is 1470 g/mol. The number of ether oxygens (including phenoxy) is 3. The molecule has 0 radical (unpaired) electrons. The van der Waals surface area contributed by atoms with E-state index in [0.717, 1.165) is 113 Å². The summed E-state index contributed by atoms with van der Waals surface area (Å²) in [6.07, 6.45) is 5.08. The molecule has 6 aromatic rings. The molecule has 3 aromatic heterocycles. The van der Waals surface area contributed by atoms with Crippen molar-refractivity contribution in [2.24, 2.45) is 32.7 Å². The van der Waals surface area contributed by atoms with Crippen molar-refractivity contribution in [2.45, 2.75) is 168 Å². The largest absolute Gasteiger partial charge is 0.374 e. The molecule has 6 fully saturated rings. The van der Waals surface area contributed by atoms with Crippen molar-refractivity contribution in [3.8, 4) is 0 Å². The van der Waals surface area contributed by atoms with Gasteiger partial charge in [0.25, 0.3) is 19.3 Å². The Morgan fingerprint density at radius 1 is 0.402 bits per heavy atom. The summed E-state index contributed by atoms with van der Waals surface area (Å²) in [5.41, 5.74) is 6.61. The molecule has 9 aliphatic rings. The van der Waals surface area contributed by atoms with Gasteiger partial charge in [0, 0.05) is 94.9 Å². The summed E-state index contributed by atoms with van der Waals surface area (Å²) in [5.74, 6) is 0.349. The van der Waals surface area contributed by atoms with Crippen LogP contribution in [0.15, 0.2) is 102 Å². The minimum atomic E-state index is -3.62. The van der Waals surface area contributed by atoms with Crippen LogP contribution in [0.2, 0.25) is 0 Å². The fourth-order valence-electron chi connectivity index (χ4n) is 13.3. The number of halogens is 6. The smallest absolute Gasteiger partial charge is 0.277 e. The molecule has 21 nitrogen and oxygen atoms in total. The number of rotatable bonds is 24. The fourth-order valence-corrected chi connectivity index (χ4v) is 15.9. The maximum Gasteiger partial charge on any atom is 0.277 e. The maximum atomic E-state index is 13.4. The first-order valence-corrected chi connectivity index (χ1v) is 39.7. The summed E-state index contributed by atoms with van der Waals surface area (Å²) in [6, 6.07) is 20.0. The Hall–Kier alpha value is -8.16. The number of Topliss-reactive ketones (excluding diaryl/α,β-unsaturated/α-hetero) is 3. The van der Waals surface area contributed by atoms with Crippen molar-refractivity contribution in [3.63, 3.8) is 0 Å². The number of nitrogens with one attached hydrogen (secondary N) is 3. The maximum absolute atomic E-state index is 13.4. The SMILES string of the molecule is CS(=O)(=O)c1cc(C2CCCO2)ccc1Nc1cc(CC(=O)C2CC2)nc2c1N=C(C(F)F)C2.CS(=O)(=O)c1cc([C@@H]2CCCO2)ccc1Nc1cc(CC(=O)C2CC2)nc2c1N=C(C(F)F)C2.CS(=O)(=O)c1cc([C@H]2CCCO2)ccc1Nc1cc(CC(=O)C2CC2)nc2c1N=C(C(F)F)C2. The zero-order chi connectivity index (χ0) is 72.1. The number of pyridine rings is 3. The molecule has 3 atom stereocenters. The quantitative estimate of drug-likeness (QED) is 0.0474. The lowest BCUT2D eigenvalue weighted by atomic mass is 10.1. The van der Waals surface area contributed by atoms with Gasteiger partial charge < -0.3 is 30.2 Å². The third-order valence-corrected chi connectivity index (χ3v) is 22.4. The van der Waals surface area contributed by atoms with E-state index in [9.17, 15) is 66.0 Å². The van der Waals surface area contributed by atoms with Crippen LogP contribution in [0.3, 0.4) is 0 Å². The summed E-state index contributed by atoms with van der Waals surface area (Å²) in [5, 5.41) is 9.28. The van der Waals surface area contributed by atoms with Crippen LogP contribution in [0.4, 0.5) is 77.5 Å². The number of carbonyl (C=O) groups is 3. The Balaban J connectivity index is 0.000000137. The van der Waals surface area contributed by atoms with E-state index in [1.54, 1.807) is 72.8 Å². The van der Waals surface area contributed by atoms with Gasteiger partial charge in [0.1, 0.15) is 34.4 Å². The lowest BCUT2D eigenvalue weighted by Gasteiger charge is -2.17. The standard InChI is InChI=1S/3C24H25F2N3O4S/c3*1-34(31,32)22-9-14(21-3-2-8-33-21)6-7-16(22)28-17-10-15(11-20(30)13-4-5-13)27-18-12-19(24(25)26)29-23(17)18/h3*6-7,9-10,13,21,24H,2-5,8,11-12H2,1H3,(H,27,28)/t2*21-;/m10./s1. The van der Waals surface area contributed by atoms with Gasteiger partial charge in [-0.2, -0.15) is 0 Å². The fraction of sp³-hybridized carbons (Fsp3) is 0.458. The van der Waals surface area contributed by atoms with Gasteiger partial charge in [-0.05, 0) is 148 Å². The summed E-state index contributed by atoms with van der Waals surface area (Å²) < 4.78 is 173. The first-order chi connectivity index (χ1) is 48.6. The van der Waals surface area contributed by atoms with Crippen molar-refractivity contribution in [2.75, 3.05) is 54.5 Å². The number of aliphatic imine (C=N–C) groups is 3. The monoisotopic (exact) mass is 1470 g/mol. The number of carbonyl (C=O) groups excluding carboxylic acids is 3. The predicted molar refractivity (Wildman–Crippen MR) is 370 cm³/mol. The highest BCUT2D eigenvalue weighted by Gasteiger charge is 2.36. The van der Waals surface area contributed by atoms with Gasteiger partial charge in [-0.1, -0.05) is 18.2 Å². The predicted octanol–water partition coefficient (Wildman–Crippen LogP) is 13.5. The molecule has 3 saturated heterocycles. The van der Waals surface area contributed by atoms with Gasteiger partial charge in [-0.3, -0.25) is 29.3 Å². The van der Waals surface area contributed by atoms with E-state index in [2.05, 4.69) is 45.9 Å². The second kappa shape index (κ2) is 29.5. The summed E-state index contributed by atoms with van der Waals surface area (Å²) in [6.45, 7) is 1.90. The number of aromatic nitrogens is 3. The van der Waals surface area contributed by atoms with Crippen molar-refractivity contribution in [3.05, 3.63) is 124 Å². The van der Waals surface area contributed by atoms with Crippen molar-refractivity contribution >= 4 is 115 Å². The van der Waals surface area contributed by atoms with E-state index in [0.29, 0.717) is 88.1 Å². The average Bonchev–Trinajstić information content (AvgIpc) is 1.47. The van der Waals surface area contributed by atoms with Crippen LogP contribution < -0.4 is 16.0 Å².